The van der Waals surface area contributed by atoms with E-state index < -0.39 is 17.9 Å². The van der Waals surface area contributed by atoms with Crippen LogP contribution in [0, 0.1) is 0 Å². The maximum Gasteiger partial charge on any atom is 0.346 e. The minimum Gasteiger partial charge on any atom is -0.389 e. The quantitative estimate of drug-likeness (QED) is 0.589. The van der Waals surface area contributed by atoms with Crippen LogP contribution in [0.4, 0.5) is 0 Å². The molecule has 0 N–H and O–H groups in total. The summed E-state index contributed by atoms with van der Waals surface area (Å²) >= 11 is 0. The fourth-order valence-corrected chi connectivity index (χ4v) is 1.96. The number of carbonyl (C=O) groups excluding carboxylic acids is 3. The first-order valence-electron chi connectivity index (χ1n) is 5.52. The van der Waals surface area contributed by atoms with Crippen molar-refractivity contribution < 1.29 is 19.1 Å². The average molecular weight is 232 g/mol. The van der Waals surface area contributed by atoms with E-state index >= 15 is 0 Å². The van der Waals surface area contributed by atoms with E-state index in [0.29, 0.717) is 24.0 Å². The Labute approximate surface area is 98.6 Å². The normalized spacial score (nSPS) is 18.5. The molecule has 17 heavy (non-hydrogen) atoms. The molecule has 0 bridgehead atoms. The van der Waals surface area contributed by atoms with Gasteiger partial charge in [0.15, 0.2) is 5.78 Å². The first kappa shape index (κ1) is 11.5. The number of cyclic esters (lactones) is 2. The Hall–Kier alpha value is -1.97. The van der Waals surface area contributed by atoms with Crippen LogP contribution in [0.2, 0.25) is 0 Å². The van der Waals surface area contributed by atoms with Gasteiger partial charge in [-0.05, 0) is 18.1 Å². The molecule has 0 spiro atoms. The molecule has 1 atom stereocenters. The maximum absolute atomic E-state index is 11.9. The van der Waals surface area contributed by atoms with Gasteiger partial charge in [-0.15, -0.1) is 0 Å². The second-order valence-electron chi connectivity index (χ2n) is 3.95. The molecule has 4 heteroatoms. The van der Waals surface area contributed by atoms with E-state index in [9.17, 15) is 14.4 Å². The van der Waals surface area contributed by atoms with E-state index in [4.69, 9.17) is 0 Å². The first-order chi connectivity index (χ1) is 8.15. The van der Waals surface area contributed by atoms with Crippen LogP contribution in [-0.4, -0.2) is 17.7 Å². The molecule has 0 radical (unpaired) electrons. The van der Waals surface area contributed by atoms with Crippen LogP contribution in [0.3, 0.4) is 0 Å². The van der Waals surface area contributed by atoms with Crippen molar-refractivity contribution in [3.05, 3.63) is 35.4 Å². The molecule has 0 aromatic heterocycles. The second kappa shape index (κ2) is 4.49. The van der Waals surface area contributed by atoms with E-state index in [1.54, 1.807) is 24.3 Å². The third-order valence-corrected chi connectivity index (χ3v) is 2.74. The minimum atomic E-state index is -0.941. The molecule has 1 aromatic rings. The third-order valence-electron chi connectivity index (χ3n) is 2.74. The van der Waals surface area contributed by atoms with E-state index in [-0.39, 0.29) is 5.78 Å². The van der Waals surface area contributed by atoms with E-state index in [1.807, 2.05) is 6.92 Å². The molecule has 0 aliphatic carbocycles. The smallest absolute Gasteiger partial charge is 0.346 e. The molecule has 1 aliphatic heterocycles. The van der Waals surface area contributed by atoms with Crippen molar-refractivity contribution in [3.8, 4) is 0 Å². The molecule has 1 unspecified atom stereocenters. The van der Waals surface area contributed by atoms with Crippen LogP contribution in [0.25, 0.3) is 0 Å². The summed E-state index contributed by atoms with van der Waals surface area (Å²) in [6.45, 7) is 1.86. The molecule has 1 aromatic carbocycles. The number of hydrogen-bond donors (Lipinski definition) is 0. The predicted molar refractivity (Wildman–Crippen MR) is 59.5 cm³/mol. The van der Waals surface area contributed by atoms with Gasteiger partial charge in [-0.1, -0.05) is 25.1 Å². The Balaban J connectivity index is 2.46. The number of benzene rings is 1. The summed E-state index contributed by atoms with van der Waals surface area (Å²) < 4.78 is 4.59. The lowest BCUT2D eigenvalue weighted by Gasteiger charge is -2.21. The van der Waals surface area contributed by atoms with E-state index in [2.05, 4.69) is 4.74 Å². The Kier molecular flexibility index (Phi) is 3.04. The molecule has 4 nitrogen and oxygen atoms in total. The van der Waals surface area contributed by atoms with Gasteiger partial charge < -0.3 is 4.74 Å². The van der Waals surface area contributed by atoms with Crippen molar-refractivity contribution in [3.63, 3.8) is 0 Å². The van der Waals surface area contributed by atoms with E-state index in [1.165, 1.54) is 0 Å². The van der Waals surface area contributed by atoms with Gasteiger partial charge in [0.1, 0.15) is 5.92 Å². The predicted octanol–water partition coefficient (Wildman–Crippen LogP) is 1.84. The molecule has 0 amide bonds. The van der Waals surface area contributed by atoms with Gasteiger partial charge in [0.25, 0.3) is 0 Å². The van der Waals surface area contributed by atoms with Gasteiger partial charge >= 0.3 is 11.9 Å². The van der Waals surface area contributed by atoms with Crippen molar-refractivity contribution in [2.75, 3.05) is 0 Å². The number of rotatable bonds is 3. The highest BCUT2D eigenvalue weighted by Gasteiger charge is 2.38. The maximum atomic E-state index is 11.9. The summed E-state index contributed by atoms with van der Waals surface area (Å²) in [6.07, 6.45) is 0.973. The molecular weight excluding hydrogens is 220 g/mol. The van der Waals surface area contributed by atoms with Gasteiger partial charge in [0.2, 0.25) is 0 Å². The largest absolute Gasteiger partial charge is 0.389 e. The first-order valence-corrected chi connectivity index (χ1v) is 5.52. The van der Waals surface area contributed by atoms with Crippen LogP contribution in [0.5, 0.6) is 0 Å². The Bertz CT molecular complexity index is 490. The average Bonchev–Trinajstić information content (AvgIpc) is 2.29. The molecule has 2 rings (SSSR count). The van der Waals surface area contributed by atoms with Crippen LogP contribution in [0.1, 0.15) is 41.6 Å². The molecule has 1 aliphatic rings. The number of Topliss-reactive ketones (excluding diaryl/α,β-unsaturated/α-hetero) is 1. The Morgan fingerprint density at radius 3 is 2.71 bits per heavy atom. The third kappa shape index (κ3) is 1.98. The zero-order valence-corrected chi connectivity index (χ0v) is 9.43. The highest BCUT2D eigenvalue weighted by molar-refractivity contribution is 6.14. The van der Waals surface area contributed by atoms with Crippen LogP contribution in [0.15, 0.2) is 24.3 Å². The van der Waals surface area contributed by atoms with Crippen molar-refractivity contribution >= 4 is 17.7 Å². The molecule has 0 saturated heterocycles. The number of hydrogen-bond acceptors (Lipinski definition) is 4. The van der Waals surface area contributed by atoms with Crippen LogP contribution in [-0.2, 0) is 14.3 Å². The van der Waals surface area contributed by atoms with Crippen molar-refractivity contribution in [2.24, 2.45) is 0 Å². The second-order valence-corrected chi connectivity index (χ2v) is 3.95. The van der Waals surface area contributed by atoms with Gasteiger partial charge in [0, 0.05) is 6.42 Å². The zero-order chi connectivity index (χ0) is 12.4. The molecule has 88 valence electrons. The van der Waals surface area contributed by atoms with Gasteiger partial charge in [-0.25, -0.2) is 4.79 Å². The summed E-state index contributed by atoms with van der Waals surface area (Å²) in [5.41, 5.74) is 0.772. The monoisotopic (exact) mass is 232 g/mol. The summed E-state index contributed by atoms with van der Waals surface area (Å²) in [4.78, 5) is 35.0. The summed E-state index contributed by atoms with van der Waals surface area (Å²) in [5.74, 6) is -2.57. The van der Waals surface area contributed by atoms with Crippen molar-refractivity contribution in [1.29, 1.82) is 0 Å². The van der Waals surface area contributed by atoms with Crippen molar-refractivity contribution in [2.45, 2.75) is 25.7 Å². The topological polar surface area (TPSA) is 60.4 Å². The van der Waals surface area contributed by atoms with Crippen LogP contribution >= 0.6 is 0 Å². The molecule has 1 heterocycles. The fraction of sp³-hybridized carbons (Fsp3) is 0.308. The minimum absolute atomic E-state index is 0.197. The zero-order valence-electron chi connectivity index (χ0n) is 9.43. The Morgan fingerprint density at radius 1 is 1.29 bits per heavy atom. The van der Waals surface area contributed by atoms with E-state index in [0.717, 1.165) is 0 Å². The lowest BCUT2D eigenvalue weighted by atomic mass is 9.87. The number of ether oxygens (including phenoxy) is 1. The number of fused-ring (bicyclic) bond motifs is 1. The highest BCUT2D eigenvalue weighted by atomic mass is 16.6. The lowest BCUT2D eigenvalue weighted by molar-refractivity contribution is -0.144. The van der Waals surface area contributed by atoms with Gasteiger partial charge in [-0.3, -0.25) is 9.59 Å². The number of carbonyl (C=O) groups is 3. The molecular formula is C13H12O4. The number of esters is 2. The fourth-order valence-electron chi connectivity index (χ4n) is 1.96. The van der Waals surface area contributed by atoms with Gasteiger partial charge in [0.05, 0.1) is 5.56 Å². The summed E-state index contributed by atoms with van der Waals surface area (Å²) in [6, 6.07) is 6.58. The molecule has 0 saturated carbocycles. The van der Waals surface area contributed by atoms with Crippen molar-refractivity contribution in [1.82, 2.24) is 0 Å². The Morgan fingerprint density at radius 2 is 2.00 bits per heavy atom. The van der Waals surface area contributed by atoms with Crippen LogP contribution < -0.4 is 0 Å². The standard InChI is InChI=1S/C13H12O4/c1-2-5-10(14)11-8-6-3-4-7-9(8)12(15)17-13(11)16/h3-4,6-7,11H,2,5H2,1H3. The summed E-state index contributed by atoms with van der Waals surface area (Å²) in [7, 11) is 0. The van der Waals surface area contributed by atoms with Gasteiger partial charge in [-0.2, -0.15) is 0 Å². The lowest BCUT2D eigenvalue weighted by Crippen LogP contribution is -2.32. The SMILES string of the molecule is CCCC(=O)C1C(=O)OC(=O)c2ccccc21. The number of ketones is 1. The highest BCUT2D eigenvalue weighted by Crippen LogP contribution is 2.29. The summed E-state index contributed by atoms with van der Waals surface area (Å²) in [5, 5.41) is 0. The molecule has 0 fully saturated rings.